The van der Waals surface area contributed by atoms with Crippen molar-refractivity contribution in [1.29, 1.82) is 0 Å². The van der Waals surface area contributed by atoms with E-state index >= 15 is 0 Å². The molecule has 2 aliphatic rings. The van der Waals surface area contributed by atoms with Gasteiger partial charge in [-0.1, -0.05) is 30.3 Å². The number of rotatable bonds is 7. The molecule has 0 radical (unpaired) electrons. The molecule has 9 nitrogen and oxygen atoms in total. The van der Waals surface area contributed by atoms with Crippen molar-refractivity contribution in [2.24, 2.45) is 11.7 Å². The lowest BCUT2D eigenvalue weighted by atomic mass is 9.82. The minimum atomic E-state index is -1.04. The summed E-state index contributed by atoms with van der Waals surface area (Å²) in [6.45, 7) is 0. The molecule has 160 valence electrons. The first-order chi connectivity index (χ1) is 14.3. The summed E-state index contributed by atoms with van der Waals surface area (Å²) in [5, 5.41) is 7.77. The lowest BCUT2D eigenvalue weighted by Crippen LogP contribution is -2.63. The van der Waals surface area contributed by atoms with Gasteiger partial charge in [0.2, 0.25) is 23.6 Å². The van der Waals surface area contributed by atoms with Crippen LogP contribution in [0.3, 0.4) is 0 Å². The third kappa shape index (κ3) is 5.43. The summed E-state index contributed by atoms with van der Waals surface area (Å²) in [5.41, 5.74) is 6.32. The Balaban J connectivity index is 1.56. The fraction of sp³-hybridized carbons (Fsp3) is 0.476. The molecule has 0 aromatic heterocycles. The molecular formula is C21H26N4O5. The van der Waals surface area contributed by atoms with Crippen LogP contribution < -0.4 is 21.7 Å². The number of nitrogens with two attached hydrogens (primary N) is 1. The van der Waals surface area contributed by atoms with Gasteiger partial charge in [-0.25, -0.2) is 0 Å². The third-order valence-electron chi connectivity index (χ3n) is 5.55. The summed E-state index contributed by atoms with van der Waals surface area (Å²) < 4.78 is 0. The minimum absolute atomic E-state index is 0.0372. The number of Topliss-reactive ketones (excluding diaryl/α,β-unsaturated/α-hetero) is 1. The monoisotopic (exact) mass is 414 g/mol. The standard InChI is InChI=1S/C21H26N4O5/c22-19(28)18(13-7-4-8-14(26)10-13)25-17(27)11-16-21(30)23-15(20(29)24-16)9-12-5-2-1-3-6-12/h1-3,5-6,13,15-16,18H,4,7-11H2,(H2,22,28)(H,23,30)(H,24,29)(H,25,27)/t13-,15-,16-,18-/m0/s1. The Morgan fingerprint density at radius 3 is 2.40 bits per heavy atom. The van der Waals surface area contributed by atoms with Crippen LogP contribution in [0.1, 0.15) is 37.7 Å². The van der Waals surface area contributed by atoms with Crippen molar-refractivity contribution in [3.63, 3.8) is 0 Å². The van der Waals surface area contributed by atoms with Crippen molar-refractivity contribution in [3.05, 3.63) is 35.9 Å². The van der Waals surface area contributed by atoms with Crippen LogP contribution in [0.2, 0.25) is 0 Å². The zero-order chi connectivity index (χ0) is 21.7. The summed E-state index contributed by atoms with van der Waals surface area (Å²) in [5.74, 6) is -2.45. The molecule has 1 saturated carbocycles. The predicted octanol–water partition coefficient (Wildman–Crippen LogP) is -0.668. The second-order valence-corrected chi connectivity index (χ2v) is 7.86. The highest BCUT2D eigenvalue weighted by Gasteiger charge is 2.37. The van der Waals surface area contributed by atoms with Crippen molar-refractivity contribution < 1.29 is 24.0 Å². The van der Waals surface area contributed by atoms with E-state index in [0.29, 0.717) is 25.7 Å². The summed E-state index contributed by atoms with van der Waals surface area (Å²) in [7, 11) is 0. The fourth-order valence-corrected chi connectivity index (χ4v) is 3.99. The smallest absolute Gasteiger partial charge is 0.243 e. The topological polar surface area (TPSA) is 147 Å². The van der Waals surface area contributed by atoms with E-state index in [1.807, 2.05) is 30.3 Å². The van der Waals surface area contributed by atoms with Gasteiger partial charge in [0.1, 0.15) is 23.9 Å². The van der Waals surface area contributed by atoms with Gasteiger partial charge in [0.05, 0.1) is 6.42 Å². The quantitative estimate of drug-likeness (QED) is 0.467. The van der Waals surface area contributed by atoms with E-state index in [0.717, 1.165) is 5.56 Å². The SMILES string of the molecule is NC(=O)[C@@H](NC(=O)C[C@@H]1NC(=O)[C@H](Cc2ccccc2)NC1=O)[C@H]1CCCC(=O)C1. The molecule has 2 fully saturated rings. The summed E-state index contributed by atoms with van der Waals surface area (Å²) in [4.78, 5) is 60.7. The number of ketones is 1. The summed E-state index contributed by atoms with van der Waals surface area (Å²) in [6.07, 6.45) is 1.94. The number of hydrogen-bond donors (Lipinski definition) is 4. The van der Waals surface area contributed by atoms with Gasteiger partial charge in [0.15, 0.2) is 0 Å². The summed E-state index contributed by atoms with van der Waals surface area (Å²) >= 11 is 0. The average Bonchev–Trinajstić information content (AvgIpc) is 2.70. The Bertz CT molecular complexity index is 841. The molecule has 1 saturated heterocycles. The van der Waals surface area contributed by atoms with Gasteiger partial charge < -0.3 is 21.7 Å². The van der Waals surface area contributed by atoms with E-state index in [9.17, 15) is 24.0 Å². The molecule has 1 aromatic rings. The normalized spacial score (nSPS) is 25.1. The van der Waals surface area contributed by atoms with E-state index in [1.54, 1.807) is 0 Å². The molecule has 0 unspecified atom stereocenters. The number of primary amides is 1. The Kier molecular flexibility index (Phi) is 6.81. The zero-order valence-electron chi connectivity index (χ0n) is 16.6. The van der Waals surface area contributed by atoms with Gasteiger partial charge in [-0.2, -0.15) is 0 Å². The van der Waals surface area contributed by atoms with E-state index in [4.69, 9.17) is 5.73 Å². The van der Waals surface area contributed by atoms with Crippen LogP contribution in [-0.2, 0) is 30.4 Å². The maximum absolute atomic E-state index is 12.4. The Hall–Kier alpha value is -3.23. The zero-order valence-corrected chi connectivity index (χ0v) is 16.6. The molecule has 30 heavy (non-hydrogen) atoms. The second kappa shape index (κ2) is 9.51. The number of nitrogens with one attached hydrogen (secondary N) is 3. The molecule has 1 aromatic carbocycles. The molecule has 1 heterocycles. The number of carbonyl (C=O) groups is 5. The van der Waals surface area contributed by atoms with E-state index < -0.39 is 35.8 Å². The van der Waals surface area contributed by atoms with E-state index in [1.165, 1.54) is 0 Å². The van der Waals surface area contributed by atoms with Gasteiger partial charge in [-0.3, -0.25) is 24.0 Å². The molecule has 1 aliphatic heterocycles. The van der Waals surface area contributed by atoms with Crippen LogP contribution in [-0.4, -0.2) is 47.5 Å². The van der Waals surface area contributed by atoms with Crippen LogP contribution in [0, 0.1) is 5.92 Å². The largest absolute Gasteiger partial charge is 0.368 e. The maximum Gasteiger partial charge on any atom is 0.243 e. The summed E-state index contributed by atoms with van der Waals surface area (Å²) in [6, 6.07) is 6.55. The van der Waals surface area contributed by atoms with Crippen molar-refractivity contribution in [1.82, 2.24) is 16.0 Å². The van der Waals surface area contributed by atoms with E-state index in [2.05, 4.69) is 16.0 Å². The molecule has 4 atom stereocenters. The molecule has 0 bridgehead atoms. The highest BCUT2D eigenvalue weighted by atomic mass is 16.2. The second-order valence-electron chi connectivity index (χ2n) is 7.86. The molecule has 0 spiro atoms. The van der Waals surface area contributed by atoms with Crippen LogP contribution in [0.5, 0.6) is 0 Å². The maximum atomic E-state index is 12.4. The number of piperazine rings is 1. The highest BCUT2D eigenvalue weighted by molar-refractivity contribution is 5.99. The Labute approximate surface area is 174 Å². The van der Waals surface area contributed by atoms with Crippen molar-refractivity contribution in [2.45, 2.75) is 56.7 Å². The minimum Gasteiger partial charge on any atom is -0.368 e. The van der Waals surface area contributed by atoms with Gasteiger partial charge >= 0.3 is 0 Å². The van der Waals surface area contributed by atoms with Crippen molar-refractivity contribution in [3.8, 4) is 0 Å². The van der Waals surface area contributed by atoms with Crippen molar-refractivity contribution in [2.75, 3.05) is 0 Å². The first-order valence-corrected chi connectivity index (χ1v) is 10.1. The van der Waals surface area contributed by atoms with Gasteiger partial charge in [0.25, 0.3) is 0 Å². The number of hydrogen-bond acceptors (Lipinski definition) is 5. The fourth-order valence-electron chi connectivity index (χ4n) is 3.99. The Morgan fingerprint density at radius 1 is 1.07 bits per heavy atom. The van der Waals surface area contributed by atoms with Crippen LogP contribution >= 0.6 is 0 Å². The lowest BCUT2D eigenvalue weighted by Gasteiger charge is -2.31. The predicted molar refractivity (Wildman–Crippen MR) is 107 cm³/mol. The number of benzene rings is 1. The highest BCUT2D eigenvalue weighted by Crippen LogP contribution is 2.24. The third-order valence-corrected chi connectivity index (χ3v) is 5.55. The Morgan fingerprint density at radius 2 is 1.73 bits per heavy atom. The molecular weight excluding hydrogens is 388 g/mol. The molecule has 9 heteroatoms. The molecule has 1 aliphatic carbocycles. The van der Waals surface area contributed by atoms with Gasteiger partial charge in [0, 0.05) is 19.3 Å². The lowest BCUT2D eigenvalue weighted by molar-refractivity contribution is -0.139. The van der Waals surface area contributed by atoms with Crippen LogP contribution in [0.4, 0.5) is 0 Å². The molecule has 4 amide bonds. The van der Waals surface area contributed by atoms with Crippen LogP contribution in [0.15, 0.2) is 30.3 Å². The van der Waals surface area contributed by atoms with Gasteiger partial charge in [-0.15, -0.1) is 0 Å². The number of carbonyl (C=O) groups excluding carboxylic acids is 5. The first-order valence-electron chi connectivity index (χ1n) is 10.1. The molecule has 5 N–H and O–H groups in total. The van der Waals surface area contributed by atoms with Gasteiger partial charge in [-0.05, 0) is 24.3 Å². The number of amides is 4. The van der Waals surface area contributed by atoms with Crippen LogP contribution in [0.25, 0.3) is 0 Å². The van der Waals surface area contributed by atoms with E-state index in [-0.39, 0.29) is 30.4 Å². The average molecular weight is 414 g/mol. The molecule has 3 rings (SSSR count). The van der Waals surface area contributed by atoms with Crippen molar-refractivity contribution >= 4 is 29.4 Å². The first kappa shape index (κ1) is 21.5.